The first kappa shape index (κ1) is 16.5. The van der Waals surface area contributed by atoms with Crippen molar-refractivity contribution in [3.05, 3.63) is 16.1 Å². The Balaban J connectivity index is 1.55. The van der Waals surface area contributed by atoms with Crippen LogP contribution in [0.2, 0.25) is 0 Å². The van der Waals surface area contributed by atoms with Crippen LogP contribution in [-0.4, -0.2) is 48.3 Å². The predicted octanol–water partition coefficient (Wildman–Crippen LogP) is 2.88. The Morgan fingerprint density at radius 1 is 1.57 bits per heavy atom. The van der Waals surface area contributed by atoms with Gasteiger partial charge in [0.2, 0.25) is 0 Å². The quantitative estimate of drug-likeness (QED) is 0.913. The van der Waals surface area contributed by atoms with Crippen LogP contribution in [0.1, 0.15) is 29.6 Å². The van der Waals surface area contributed by atoms with E-state index < -0.39 is 17.6 Å². The second kappa shape index (κ2) is 5.94. The Morgan fingerprint density at radius 2 is 2.30 bits per heavy atom. The summed E-state index contributed by atoms with van der Waals surface area (Å²) in [6, 6.07) is -0.470. The van der Waals surface area contributed by atoms with Gasteiger partial charge < -0.3 is 15.0 Å². The van der Waals surface area contributed by atoms with Crippen LogP contribution in [0.5, 0.6) is 0 Å². The van der Waals surface area contributed by atoms with Crippen molar-refractivity contribution < 1.29 is 22.7 Å². The Morgan fingerprint density at radius 3 is 2.87 bits per heavy atom. The summed E-state index contributed by atoms with van der Waals surface area (Å²) >= 11 is 1.46. The summed E-state index contributed by atoms with van der Waals surface area (Å²) in [5.41, 5.74) is -0.836. The van der Waals surface area contributed by atoms with Gasteiger partial charge in [-0.2, -0.15) is 13.2 Å². The standard InChI is InChI=1S/C14H18F3N3O2S/c1-9-7-23-11(19-9)10-6-20(4-5-22-10)12(21)18-8-13(2-3-13)14(15,16)17/h7,10H,2-6,8H2,1H3,(H,18,21). The van der Waals surface area contributed by atoms with Gasteiger partial charge in [0.1, 0.15) is 11.1 Å². The molecule has 2 heterocycles. The molecule has 2 fully saturated rings. The minimum absolute atomic E-state index is 0.0842. The fourth-order valence-corrected chi connectivity index (χ4v) is 3.41. The number of hydrogen-bond acceptors (Lipinski definition) is 4. The number of nitrogens with zero attached hydrogens (tertiary/aromatic N) is 2. The molecule has 2 aliphatic rings. The highest BCUT2D eigenvalue weighted by atomic mass is 32.1. The van der Waals surface area contributed by atoms with Crippen LogP contribution in [0.25, 0.3) is 0 Å². The fraction of sp³-hybridized carbons (Fsp3) is 0.714. The third kappa shape index (κ3) is 3.45. The largest absolute Gasteiger partial charge is 0.396 e. The van der Waals surface area contributed by atoms with Crippen molar-refractivity contribution in [1.29, 1.82) is 0 Å². The summed E-state index contributed by atoms with van der Waals surface area (Å²) in [5.74, 6) is 0. The van der Waals surface area contributed by atoms with E-state index in [0.717, 1.165) is 10.7 Å². The number of carbonyl (C=O) groups is 1. The van der Waals surface area contributed by atoms with Gasteiger partial charge in [-0.3, -0.25) is 0 Å². The molecular formula is C14H18F3N3O2S. The third-order valence-electron chi connectivity index (χ3n) is 4.30. The maximum Gasteiger partial charge on any atom is 0.396 e. The van der Waals surface area contributed by atoms with Gasteiger partial charge in [-0.25, -0.2) is 9.78 Å². The number of amides is 2. The van der Waals surface area contributed by atoms with E-state index in [2.05, 4.69) is 10.3 Å². The summed E-state index contributed by atoms with van der Waals surface area (Å²) in [6.07, 6.45) is -4.40. The molecule has 1 aliphatic carbocycles. The number of aromatic nitrogens is 1. The van der Waals surface area contributed by atoms with Crippen molar-refractivity contribution in [2.45, 2.75) is 32.0 Å². The van der Waals surface area contributed by atoms with E-state index in [1.807, 2.05) is 12.3 Å². The van der Waals surface area contributed by atoms with Gasteiger partial charge in [-0.1, -0.05) is 0 Å². The number of nitrogens with one attached hydrogen (secondary N) is 1. The van der Waals surface area contributed by atoms with Crippen molar-refractivity contribution in [2.75, 3.05) is 26.2 Å². The molecule has 0 spiro atoms. The van der Waals surface area contributed by atoms with E-state index in [9.17, 15) is 18.0 Å². The van der Waals surface area contributed by atoms with Crippen molar-refractivity contribution >= 4 is 17.4 Å². The molecule has 0 radical (unpaired) electrons. The Hall–Kier alpha value is -1.35. The zero-order valence-electron chi connectivity index (χ0n) is 12.7. The van der Waals surface area contributed by atoms with Gasteiger partial charge in [-0.15, -0.1) is 11.3 Å². The second-order valence-electron chi connectivity index (χ2n) is 6.07. The topological polar surface area (TPSA) is 54.5 Å². The minimum Gasteiger partial charge on any atom is -0.367 e. The highest BCUT2D eigenvalue weighted by Crippen LogP contribution is 2.57. The maximum absolute atomic E-state index is 12.9. The smallest absolute Gasteiger partial charge is 0.367 e. The van der Waals surface area contributed by atoms with Gasteiger partial charge >= 0.3 is 12.2 Å². The highest BCUT2D eigenvalue weighted by molar-refractivity contribution is 7.09. The first-order valence-electron chi connectivity index (χ1n) is 7.44. The van der Waals surface area contributed by atoms with E-state index >= 15 is 0 Å². The van der Waals surface area contributed by atoms with Gasteiger partial charge in [0, 0.05) is 24.2 Å². The van der Waals surface area contributed by atoms with E-state index in [-0.39, 0.29) is 25.5 Å². The normalized spacial score (nSPS) is 23.7. The number of ether oxygens (including phenoxy) is 1. The van der Waals surface area contributed by atoms with Crippen molar-refractivity contribution in [1.82, 2.24) is 15.2 Å². The molecule has 9 heteroatoms. The molecule has 0 aromatic carbocycles. The SMILES string of the molecule is Cc1csc(C2CN(C(=O)NCC3(C(F)(F)F)CC3)CCO2)n1. The molecule has 5 nitrogen and oxygen atoms in total. The number of alkyl halides is 3. The van der Waals surface area contributed by atoms with Crippen molar-refractivity contribution in [3.63, 3.8) is 0 Å². The molecule has 23 heavy (non-hydrogen) atoms. The summed E-state index contributed by atoms with van der Waals surface area (Å²) in [6.45, 7) is 2.54. The number of halogens is 3. The minimum atomic E-state index is -4.26. The molecule has 1 saturated carbocycles. The highest BCUT2D eigenvalue weighted by Gasteiger charge is 2.63. The lowest BCUT2D eigenvalue weighted by Crippen LogP contribution is -2.49. The number of hydrogen-bond donors (Lipinski definition) is 1. The summed E-state index contributed by atoms with van der Waals surface area (Å²) < 4.78 is 44.3. The van der Waals surface area contributed by atoms with Crippen LogP contribution < -0.4 is 5.32 Å². The maximum atomic E-state index is 12.9. The third-order valence-corrected chi connectivity index (χ3v) is 5.35. The van der Waals surface area contributed by atoms with E-state index in [1.54, 1.807) is 0 Å². The Kier molecular flexibility index (Phi) is 4.26. The van der Waals surface area contributed by atoms with Gasteiger partial charge in [0.05, 0.1) is 18.6 Å². The van der Waals surface area contributed by atoms with Crippen LogP contribution in [0, 0.1) is 12.3 Å². The van der Waals surface area contributed by atoms with E-state index in [4.69, 9.17) is 4.74 Å². The summed E-state index contributed by atoms with van der Waals surface area (Å²) in [5, 5.41) is 5.12. The molecule has 1 aromatic heterocycles. The molecule has 1 aromatic rings. The molecule has 1 saturated heterocycles. The first-order chi connectivity index (χ1) is 10.8. The number of urea groups is 1. The number of rotatable bonds is 3. The average Bonchev–Trinajstić information content (AvgIpc) is 3.20. The predicted molar refractivity (Wildman–Crippen MR) is 78.2 cm³/mol. The van der Waals surface area contributed by atoms with Crippen molar-refractivity contribution in [3.8, 4) is 0 Å². The van der Waals surface area contributed by atoms with Gasteiger partial charge in [0.15, 0.2) is 0 Å². The second-order valence-corrected chi connectivity index (χ2v) is 6.96. The number of thiazole rings is 1. The first-order valence-corrected chi connectivity index (χ1v) is 8.32. The lowest BCUT2D eigenvalue weighted by Gasteiger charge is -2.32. The average molecular weight is 349 g/mol. The summed E-state index contributed by atoms with van der Waals surface area (Å²) in [7, 11) is 0. The zero-order chi connectivity index (χ0) is 16.7. The van der Waals surface area contributed by atoms with Gasteiger partial charge in [-0.05, 0) is 19.8 Å². The molecule has 1 aliphatic heterocycles. The Bertz CT molecular complexity index is 586. The van der Waals surface area contributed by atoms with Gasteiger partial charge in [0.25, 0.3) is 0 Å². The Labute approximate surface area is 135 Å². The molecule has 128 valence electrons. The summed E-state index contributed by atoms with van der Waals surface area (Å²) in [4.78, 5) is 18.0. The molecule has 3 rings (SSSR count). The molecule has 1 unspecified atom stereocenters. The number of carbonyl (C=O) groups excluding carboxylic acids is 1. The molecule has 1 atom stereocenters. The molecular weight excluding hydrogens is 331 g/mol. The van der Waals surface area contributed by atoms with Crippen LogP contribution in [0.15, 0.2) is 5.38 Å². The zero-order valence-corrected chi connectivity index (χ0v) is 13.5. The van der Waals surface area contributed by atoms with Crippen molar-refractivity contribution in [2.24, 2.45) is 5.41 Å². The van der Waals surface area contributed by atoms with Crippen LogP contribution in [0.4, 0.5) is 18.0 Å². The fourth-order valence-electron chi connectivity index (χ4n) is 2.57. The van der Waals surface area contributed by atoms with E-state index in [0.29, 0.717) is 19.7 Å². The molecule has 0 bridgehead atoms. The lowest BCUT2D eigenvalue weighted by molar-refractivity contribution is -0.184. The van der Waals surface area contributed by atoms with Crippen LogP contribution in [-0.2, 0) is 4.74 Å². The molecule has 1 N–H and O–H groups in total. The monoisotopic (exact) mass is 349 g/mol. The molecule has 2 amide bonds. The van der Waals surface area contributed by atoms with Crippen LogP contribution >= 0.6 is 11.3 Å². The van der Waals surface area contributed by atoms with E-state index in [1.165, 1.54) is 16.2 Å². The number of morpholine rings is 1. The van der Waals surface area contributed by atoms with Crippen LogP contribution in [0.3, 0.4) is 0 Å². The lowest BCUT2D eigenvalue weighted by atomic mass is 10.1. The number of aryl methyl sites for hydroxylation is 1.